The highest BCUT2D eigenvalue weighted by molar-refractivity contribution is 8.76. The molecule has 4 nitrogen and oxygen atoms in total. The van der Waals surface area contributed by atoms with Gasteiger partial charge >= 0.3 is 0 Å². The second-order valence-corrected chi connectivity index (χ2v) is 7.14. The lowest BCUT2D eigenvalue weighted by molar-refractivity contribution is 0.469. The Balaban J connectivity index is 2.41. The predicted molar refractivity (Wildman–Crippen MR) is 68.2 cm³/mol. The monoisotopic (exact) mass is 279 g/mol. The van der Waals surface area contributed by atoms with Crippen molar-refractivity contribution < 1.29 is 13.0 Å². The summed E-state index contributed by atoms with van der Waals surface area (Å²) in [6.07, 6.45) is 2.09. The number of aromatic nitrogens is 1. The van der Waals surface area contributed by atoms with Crippen LogP contribution in [0, 0.1) is 0 Å². The highest BCUT2D eigenvalue weighted by Crippen LogP contribution is 2.30. The zero-order chi connectivity index (χ0) is 12.0. The molecule has 0 radical (unpaired) electrons. The Kier molecular flexibility index (Phi) is 5.60. The summed E-state index contributed by atoms with van der Waals surface area (Å²) < 4.78 is 30.8. The molecule has 0 amide bonds. The molecule has 0 fully saturated rings. The van der Waals surface area contributed by atoms with Gasteiger partial charge in [-0.1, -0.05) is 23.8 Å². The van der Waals surface area contributed by atoms with Gasteiger partial charge in [0.25, 0.3) is 10.1 Å². The van der Waals surface area contributed by atoms with E-state index in [2.05, 4.69) is 4.98 Å². The van der Waals surface area contributed by atoms with Crippen molar-refractivity contribution >= 4 is 31.7 Å². The van der Waals surface area contributed by atoms with Crippen molar-refractivity contribution in [3.05, 3.63) is 24.4 Å². The Labute approximate surface area is 103 Å². The van der Waals surface area contributed by atoms with Crippen molar-refractivity contribution in [3.8, 4) is 0 Å². The maximum absolute atomic E-state index is 10.9. The van der Waals surface area contributed by atoms with Crippen LogP contribution >= 0.6 is 21.6 Å². The maximum Gasteiger partial charge on any atom is 0.268 e. The van der Waals surface area contributed by atoms with Gasteiger partial charge in [-0.25, -0.2) is 4.98 Å². The molecular weight excluding hydrogens is 266 g/mol. The molecule has 0 aliphatic rings. The van der Waals surface area contributed by atoms with Gasteiger partial charge < -0.3 is 0 Å². The van der Waals surface area contributed by atoms with E-state index in [0.29, 0.717) is 12.2 Å². The van der Waals surface area contributed by atoms with Gasteiger partial charge in [0, 0.05) is 11.9 Å². The van der Waals surface area contributed by atoms with E-state index >= 15 is 0 Å². The Bertz CT molecular complexity index is 407. The van der Waals surface area contributed by atoms with E-state index in [1.807, 2.05) is 18.2 Å². The first-order valence-electron chi connectivity index (χ1n) is 4.71. The van der Waals surface area contributed by atoms with Gasteiger partial charge in [0.05, 0.1) is 5.25 Å². The highest BCUT2D eigenvalue weighted by atomic mass is 33.1. The average Bonchev–Trinajstić information content (AvgIpc) is 2.24. The molecule has 7 heteroatoms. The lowest BCUT2D eigenvalue weighted by atomic mass is 10.4. The molecule has 90 valence electrons. The Morgan fingerprint density at radius 1 is 1.50 bits per heavy atom. The smallest absolute Gasteiger partial charge is 0.268 e. The lowest BCUT2D eigenvalue weighted by Gasteiger charge is -2.09. The van der Waals surface area contributed by atoms with Crippen LogP contribution in [0.1, 0.15) is 13.3 Å². The highest BCUT2D eigenvalue weighted by Gasteiger charge is 2.20. The molecule has 1 unspecified atom stereocenters. The second-order valence-electron chi connectivity index (χ2n) is 3.08. The minimum Gasteiger partial charge on any atom is -0.285 e. The van der Waals surface area contributed by atoms with Crippen LogP contribution in [0.5, 0.6) is 0 Å². The first-order chi connectivity index (χ1) is 7.54. The van der Waals surface area contributed by atoms with Crippen molar-refractivity contribution in [2.45, 2.75) is 23.6 Å². The lowest BCUT2D eigenvalue weighted by Crippen LogP contribution is -2.21. The SMILES string of the molecule is CCC(CSSc1ccccn1)S(=O)(=O)O. The topological polar surface area (TPSA) is 67.3 Å². The molecule has 0 bridgehead atoms. The molecule has 1 atom stereocenters. The van der Waals surface area contributed by atoms with Gasteiger partial charge in [0.1, 0.15) is 5.03 Å². The van der Waals surface area contributed by atoms with E-state index in [1.165, 1.54) is 21.6 Å². The van der Waals surface area contributed by atoms with Crippen LogP contribution < -0.4 is 0 Å². The van der Waals surface area contributed by atoms with E-state index in [-0.39, 0.29) is 0 Å². The fourth-order valence-electron chi connectivity index (χ4n) is 0.981. The van der Waals surface area contributed by atoms with Crippen molar-refractivity contribution in [2.75, 3.05) is 5.75 Å². The quantitative estimate of drug-likeness (QED) is 0.637. The molecular formula is C9H13NO3S3. The molecule has 1 rings (SSSR count). The van der Waals surface area contributed by atoms with E-state index in [4.69, 9.17) is 4.55 Å². The van der Waals surface area contributed by atoms with Gasteiger partial charge in [-0.3, -0.25) is 4.55 Å². The van der Waals surface area contributed by atoms with E-state index in [1.54, 1.807) is 13.1 Å². The van der Waals surface area contributed by atoms with Crippen molar-refractivity contribution in [1.82, 2.24) is 4.98 Å². The summed E-state index contributed by atoms with van der Waals surface area (Å²) in [7, 11) is -1.13. The van der Waals surface area contributed by atoms with Gasteiger partial charge in [-0.05, 0) is 29.3 Å². The third kappa shape index (κ3) is 4.73. The fourth-order valence-corrected chi connectivity index (χ4v) is 4.72. The third-order valence-corrected chi connectivity index (χ3v) is 5.81. The number of hydrogen-bond donors (Lipinski definition) is 1. The zero-order valence-electron chi connectivity index (χ0n) is 8.74. The van der Waals surface area contributed by atoms with Gasteiger partial charge in [-0.15, -0.1) is 0 Å². The molecule has 1 aromatic heterocycles. The fraction of sp³-hybridized carbons (Fsp3) is 0.444. The second kappa shape index (κ2) is 6.48. The number of rotatable bonds is 6. The summed E-state index contributed by atoms with van der Waals surface area (Å²) in [5, 5.41) is 0.131. The first-order valence-corrected chi connectivity index (χ1v) is 8.53. The normalized spacial score (nSPS) is 13.6. The minimum atomic E-state index is -3.92. The van der Waals surface area contributed by atoms with E-state index in [9.17, 15) is 8.42 Å². The molecule has 0 aromatic carbocycles. The minimum absolute atomic E-state index is 0.358. The Hall–Kier alpha value is -0.240. The predicted octanol–water partition coefficient (Wildman–Crippen LogP) is 2.49. The molecule has 16 heavy (non-hydrogen) atoms. The summed E-state index contributed by atoms with van der Waals surface area (Å²) >= 11 is 0. The molecule has 0 saturated carbocycles. The maximum atomic E-state index is 10.9. The van der Waals surface area contributed by atoms with E-state index < -0.39 is 15.4 Å². The molecule has 0 aliphatic heterocycles. The average molecular weight is 279 g/mol. The number of hydrogen-bond acceptors (Lipinski definition) is 5. The summed E-state index contributed by atoms with van der Waals surface area (Å²) in [5.41, 5.74) is 0. The van der Waals surface area contributed by atoms with Crippen molar-refractivity contribution in [1.29, 1.82) is 0 Å². The zero-order valence-corrected chi connectivity index (χ0v) is 11.2. The van der Waals surface area contributed by atoms with E-state index in [0.717, 1.165) is 5.03 Å². The first kappa shape index (κ1) is 13.8. The molecule has 0 saturated heterocycles. The largest absolute Gasteiger partial charge is 0.285 e. The van der Waals surface area contributed by atoms with Crippen LogP contribution in [0.15, 0.2) is 29.4 Å². The number of pyridine rings is 1. The van der Waals surface area contributed by atoms with Gasteiger partial charge in [-0.2, -0.15) is 8.42 Å². The third-order valence-electron chi connectivity index (χ3n) is 1.91. The van der Waals surface area contributed by atoms with Crippen molar-refractivity contribution in [2.24, 2.45) is 0 Å². The molecule has 1 aromatic rings. The Morgan fingerprint density at radius 2 is 2.25 bits per heavy atom. The Morgan fingerprint density at radius 3 is 2.75 bits per heavy atom. The van der Waals surface area contributed by atoms with Crippen LogP contribution in [-0.4, -0.2) is 29.0 Å². The summed E-state index contributed by atoms with van der Waals surface area (Å²) in [6.45, 7) is 1.74. The molecule has 1 N–H and O–H groups in total. The van der Waals surface area contributed by atoms with Crippen LogP contribution in [0.4, 0.5) is 0 Å². The van der Waals surface area contributed by atoms with Crippen LogP contribution in [-0.2, 0) is 10.1 Å². The van der Waals surface area contributed by atoms with Gasteiger partial charge in [0.2, 0.25) is 0 Å². The number of nitrogens with zero attached hydrogens (tertiary/aromatic N) is 1. The summed E-state index contributed by atoms with van der Waals surface area (Å²) in [6, 6.07) is 5.55. The molecule has 0 spiro atoms. The van der Waals surface area contributed by atoms with Gasteiger partial charge in [0.15, 0.2) is 0 Å². The van der Waals surface area contributed by atoms with Crippen molar-refractivity contribution in [3.63, 3.8) is 0 Å². The summed E-state index contributed by atoms with van der Waals surface area (Å²) in [4.78, 5) is 4.09. The standard InChI is InChI=1S/C9H13NO3S3/c1-2-8(16(11,12)13)7-14-15-9-5-3-4-6-10-9/h3-6,8H,2,7H2,1H3,(H,11,12,13). The van der Waals surface area contributed by atoms with Crippen LogP contribution in [0.2, 0.25) is 0 Å². The van der Waals surface area contributed by atoms with Crippen LogP contribution in [0.3, 0.4) is 0 Å². The molecule has 1 heterocycles. The molecule has 0 aliphatic carbocycles. The van der Waals surface area contributed by atoms with Crippen LogP contribution in [0.25, 0.3) is 0 Å². The summed E-state index contributed by atoms with van der Waals surface area (Å²) in [5.74, 6) is 0.358.